The molecule has 2 heterocycles. The van der Waals surface area contributed by atoms with E-state index in [4.69, 9.17) is 9.47 Å². The third-order valence-corrected chi connectivity index (χ3v) is 6.94. The SMILES string of the molecule is COCCC(=O)N(CCc1cccc(OC)c1)C1SC(C(=O)NCCCn2ccnc2)=CN1CC(=O)O. The minimum Gasteiger partial charge on any atom is -0.497 e. The van der Waals surface area contributed by atoms with E-state index in [-0.39, 0.29) is 31.4 Å². The first-order valence-electron chi connectivity index (χ1n) is 11.9. The average Bonchev–Trinajstić information content (AvgIpc) is 3.55. The standard InChI is InChI=1S/C25H33N5O6S/c1-35-14-8-22(31)30(12-7-19-5-3-6-20(15-19)36-2)25-29(17-23(32)33)16-21(37-25)24(34)27-9-4-11-28-13-10-26-18-28/h3,5-6,10,13,15-16,18,25H,4,7-9,11-12,14,17H2,1-2H3,(H,27,34)(H,32,33). The summed E-state index contributed by atoms with van der Waals surface area (Å²) < 4.78 is 12.3. The molecule has 11 nitrogen and oxygen atoms in total. The molecular formula is C25H33N5O6S. The number of aryl methyl sites for hydroxylation is 1. The zero-order chi connectivity index (χ0) is 26.6. The molecule has 1 aromatic carbocycles. The molecule has 1 aliphatic heterocycles. The molecule has 2 amide bonds. The fourth-order valence-electron chi connectivity index (χ4n) is 3.80. The summed E-state index contributed by atoms with van der Waals surface area (Å²) in [5.74, 6) is -0.828. The molecule has 0 aliphatic carbocycles. The molecule has 2 aromatic rings. The number of carbonyl (C=O) groups excluding carboxylic acids is 2. The lowest BCUT2D eigenvalue weighted by Crippen LogP contribution is -2.48. The molecule has 12 heteroatoms. The summed E-state index contributed by atoms with van der Waals surface area (Å²) >= 11 is 1.17. The number of imidazole rings is 1. The Balaban J connectivity index is 1.69. The highest BCUT2D eigenvalue weighted by atomic mass is 32.2. The van der Waals surface area contributed by atoms with Gasteiger partial charge in [-0.15, -0.1) is 0 Å². The van der Waals surface area contributed by atoms with Crippen LogP contribution in [0.4, 0.5) is 0 Å². The molecule has 37 heavy (non-hydrogen) atoms. The summed E-state index contributed by atoms with van der Waals surface area (Å²) in [7, 11) is 3.11. The maximum absolute atomic E-state index is 13.2. The van der Waals surface area contributed by atoms with E-state index in [1.165, 1.54) is 30.0 Å². The van der Waals surface area contributed by atoms with Gasteiger partial charge in [0.05, 0.1) is 31.4 Å². The summed E-state index contributed by atoms with van der Waals surface area (Å²) in [5, 5.41) is 12.4. The monoisotopic (exact) mass is 531 g/mol. The molecule has 0 spiro atoms. The molecule has 0 bridgehead atoms. The van der Waals surface area contributed by atoms with Gasteiger partial charge in [-0.25, -0.2) is 4.98 Å². The number of benzene rings is 1. The topological polar surface area (TPSA) is 126 Å². The first kappa shape index (κ1) is 28.1. The Kier molecular flexibility index (Phi) is 10.8. The molecule has 2 N–H and O–H groups in total. The number of carboxylic acid groups (broad SMARTS) is 1. The van der Waals surface area contributed by atoms with Gasteiger partial charge in [0.1, 0.15) is 12.3 Å². The molecule has 0 saturated heterocycles. The van der Waals surface area contributed by atoms with Gasteiger partial charge < -0.3 is 34.3 Å². The minimum atomic E-state index is -1.05. The largest absolute Gasteiger partial charge is 0.497 e. The maximum atomic E-state index is 13.2. The van der Waals surface area contributed by atoms with E-state index < -0.39 is 11.5 Å². The lowest BCUT2D eigenvalue weighted by atomic mass is 10.1. The average molecular weight is 532 g/mol. The van der Waals surface area contributed by atoms with Crippen LogP contribution in [-0.4, -0.2) is 88.2 Å². The molecule has 1 aliphatic rings. The number of carbonyl (C=O) groups is 3. The number of nitrogens with one attached hydrogen (secondary N) is 1. The van der Waals surface area contributed by atoms with Gasteiger partial charge in [0.2, 0.25) is 5.91 Å². The Morgan fingerprint density at radius 1 is 1.27 bits per heavy atom. The van der Waals surface area contributed by atoms with E-state index >= 15 is 0 Å². The highest BCUT2D eigenvalue weighted by molar-refractivity contribution is 8.04. The number of amides is 2. The van der Waals surface area contributed by atoms with Gasteiger partial charge in [-0.05, 0) is 30.5 Å². The fourth-order valence-corrected chi connectivity index (χ4v) is 5.02. The Bertz CT molecular complexity index is 1080. The molecule has 1 atom stereocenters. The van der Waals surface area contributed by atoms with Crippen molar-refractivity contribution >= 4 is 29.5 Å². The Morgan fingerprint density at radius 3 is 2.81 bits per heavy atom. The number of hydrogen-bond donors (Lipinski definition) is 2. The van der Waals surface area contributed by atoms with E-state index in [1.54, 1.807) is 24.5 Å². The van der Waals surface area contributed by atoms with Gasteiger partial charge in [0.15, 0.2) is 5.50 Å². The van der Waals surface area contributed by atoms with Gasteiger partial charge in [-0.2, -0.15) is 0 Å². The van der Waals surface area contributed by atoms with Crippen molar-refractivity contribution in [3.63, 3.8) is 0 Å². The fraction of sp³-hybridized carbons (Fsp3) is 0.440. The Hall–Kier alpha value is -3.51. The summed E-state index contributed by atoms with van der Waals surface area (Å²) in [6, 6.07) is 7.56. The van der Waals surface area contributed by atoms with Crippen LogP contribution in [0.25, 0.3) is 0 Å². The van der Waals surface area contributed by atoms with Crippen molar-refractivity contribution in [3.05, 3.63) is 59.7 Å². The van der Waals surface area contributed by atoms with Crippen molar-refractivity contribution in [2.45, 2.75) is 31.3 Å². The molecule has 0 radical (unpaired) electrons. The molecule has 3 rings (SSSR count). The van der Waals surface area contributed by atoms with Crippen LogP contribution in [0, 0.1) is 0 Å². The van der Waals surface area contributed by atoms with Crippen molar-refractivity contribution in [2.24, 2.45) is 0 Å². The van der Waals surface area contributed by atoms with Gasteiger partial charge in [0, 0.05) is 45.3 Å². The van der Waals surface area contributed by atoms with Gasteiger partial charge >= 0.3 is 5.97 Å². The van der Waals surface area contributed by atoms with E-state index in [1.807, 2.05) is 35.0 Å². The van der Waals surface area contributed by atoms with E-state index in [0.29, 0.717) is 43.1 Å². The van der Waals surface area contributed by atoms with Crippen LogP contribution in [0.15, 0.2) is 54.1 Å². The third kappa shape index (κ3) is 8.53. The second-order valence-corrected chi connectivity index (χ2v) is 9.44. The lowest BCUT2D eigenvalue weighted by molar-refractivity contribution is -0.141. The van der Waals surface area contributed by atoms with Crippen LogP contribution in [0.2, 0.25) is 0 Å². The van der Waals surface area contributed by atoms with Crippen LogP contribution in [0.5, 0.6) is 5.75 Å². The molecule has 0 fully saturated rings. The minimum absolute atomic E-state index is 0.141. The van der Waals surface area contributed by atoms with E-state index in [2.05, 4.69) is 10.3 Å². The van der Waals surface area contributed by atoms with Gasteiger partial charge in [-0.3, -0.25) is 14.4 Å². The smallest absolute Gasteiger partial charge is 0.323 e. The number of nitrogens with zero attached hydrogens (tertiary/aromatic N) is 4. The van der Waals surface area contributed by atoms with Crippen molar-refractivity contribution < 1.29 is 29.0 Å². The highest BCUT2D eigenvalue weighted by Gasteiger charge is 2.36. The first-order valence-corrected chi connectivity index (χ1v) is 12.8. The second kappa shape index (κ2) is 14.3. The summed E-state index contributed by atoms with van der Waals surface area (Å²) in [6.07, 6.45) is 8.18. The predicted molar refractivity (Wildman–Crippen MR) is 139 cm³/mol. The number of rotatable bonds is 15. The number of methoxy groups -OCH3 is 2. The molecule has 0 saturated carbocycles. The van der Waals surface area contributed by atoms with Crippen LogP contribution < -0.4 is 10.1 Å². The normalized spacial score (nSPS) is 14.8. The Morgan fingerprint density at radius 2 is 2.11 bits per heavy atom. The zero-order valence-corrected chi connectivity index (χ0v) is 21.9. The number of thioether (sulfide) groups is 1. The molecule has 1 aromatic heterocycles. The molecular weight excluding hydrogens is 498 g/mol. The third-order valence-electron chi connectivity index (χ3n) is 5.66. The lowest BCUT2D eigenvalue weighted by Gasteiger charge is -2.34. The number of aliphatic carboxylic acids is 1. The zero-order valence-electron chi connectivity index (χ0n) is 21.0. The van der Waals surface area contributed by atoms with Crippen molar-refractivity contribution in [1.82, 2.24) is 24.7 Å². The van der Waals surface area contributed by atoms with Crippen molar-refractivity contribution in [3.8, 4) is 5.75 Å². The highest BCUT2D eigenvalue weighted by Crippen LogP contribution is 2.35. The van der Waals surface area contributed by atoms with Crippen LogP contribution >= 0.6 is 11.8 Å². The number of ether oxygens (including phenoxy) is 2. The van der Waals surface area contributed by atoms with Gasteiger partial charge in [-0.1, -0.05) is 23.9 Å². The van der Waals surface area contributed by atoms with Crippen molar-refractivity contribution in [1.29, 1.82) is 0 Å². The maximum Gasteiger partial charge on any atom is 0.323 e. The second-order valence-electron chi connectivity index (χ2n) is 8.34. The first-order chi connectivity index (χ1) is 17.9. The van der Waals surface area contributed by atoms with Crippen LogP contribution in [-0.2, 0) is 32.1 Å². The summed E-state index contributed by atoms with van der Waals surface area (Å²) in [5.41, 5.74) is 0.304. The number of aromatic nitrogens is 2. The van der Waals surface area contributed by atoms with E-state index in [0.717, 1.165) is 5.56 Å². The van der Waals surface area contributed by atoms with Crippen LogP contribution in [0.1, 0.15) is 18.4 Å². The van der Waals surface area contributed by atoms with Crippen molar-refractivity contribution in [2.75, 3.05) is 40.5 Å². The molecule has 1 unspecified atom stereocenters. The predicted octanol–water partition coefficient (Wildman–Crippen LogP) is 1.76. The quantitative estimate of drug-likeness (QED) is 0.331. The number of carboxylic acids is 1. The summed E-state index contributed by atoms with van der Waals surface area (Å²) in [6.45, 7) is 1.39. The molecule has 200 valence electrons. The van der Waals surface area contributed by atoms with Crippen LogP contribution in [0.3, 0.4) is 0 Å². The van der Waals surface area contributed by atoms with E-state index in [9.17, 15) is 19.5 Å². The Labute approximate surface area is 220 Å². The van der Waals surface area contributed by atoms with Gasteiger partial charge in [0.25, 0.3) is 5.91 Å². The number of hydrogen-bond acceptors (Lipinski definition) is 8. The summed E-state index contributed by atoms with van der Waals surface area (Å²) in [4.78, 5) is 45.1.